The second-order valence-corrected chi connectivity index (χ2v) is 7.77. The van der Waals surface area contributed by atoms with Crippen LogP contribution in [0.5, 0.6) is 0 Å². The summed E-state index contributed by atoms with van der Waals surface area (Å²) in [4.78, 5) is 11.5. The third kappa shape index (κ3) is 3.05. The highest BCUT2D eigenvalue weighted by Crippen LogP contribution is 2.33. The fraction of sp³-hybridized carbons (Fsp3) is 0.111. The van der Waals surface area contributed by atoms with Crippen molar-refractivity contribution < 1.29 is 22.7 Å². The lowest BCUT2D eigenvalue weighted by atomic mass is 10.0. The molecule has 0 unspecified atom stereocenters. The van der Waals surface area contributed by atoms with Crippen molar-refractivity contribution in [2.45, 2.75) is 11.3 Å². The zero-order chi connectivity index (χ0) is 19.1. The molecule has 2 aromatic carbocycles. The molecule has 1 N–H and O–H groups in total. The number of halogens is 1. The number of benzene rings is 2. The molecule has 26 heavy (non-hydrogen) atoms. The molecule has 3 rings (SSSR count). The van der Waals surface area contributed by atoms with Crippen LogP contribution in [0.15, 0.2) is 47.5 Å². The molecule has 0 aliphatic rings. The van der Waals surface area contributed by atoms with Gasteiger partial charge in [-0.25, -0.2) is 17.6 Å². The summed E-state index contributed by atoms with van der Waals surface area (Å²) in [5.41, 5.74) is 1.55. The number of rotatable bonds is 3. The summed E-state index contributed by atoms with van der Waals surface area (Å²) in [6, 6.07) is 10.2. The summed E-state index contributed by atoms with van der Waals surface area (Å²) >= 11 is 0. The Kier molecular flexibility index (Phi) is 4.26. The van der Waals surface area contributed by atoms with Gasteiger partial charge in [-0.2, -0.15) is 5.26 Å². The van der Waals surface area contributed by atoms with Gasteiger partial charge in [0.15, 0.2) is 9.84 Å². The Hall–Kier alpha value is -3.18. The summed E-state index contributed by atoms with van der Waals surface area (Å²) < 4.78 is 38.2. The molecule has 3 aromatic rings. The molecule has 0 fully saturated rings. The van der Waals surface area contributed by atoms with E-state index >= 15 is 0 Å². The molecule has 0 aliphatic carbocycles. The lowest BCUT2D eigenvalue weighted by Crippen LogP contribution is -2.05. The summed E-state index contributed by atoms with van der Waals surface area (Å²) in [6.07, 6.45) is 1.03. The van der Waals surface area contributed by atoms with E-state index in [1.54, 1.807) is 12.1 Å². The molecule has 0 amide bonds. The number of aromatic nitrogens is 1. The van der Waals surface area contributed by atoms with Crippen molar-refractivity contribution in [3.8, 4) is 17.2 Å². The number of carbonyl (C=O) groups is 1. The maximum atomic E-state index is 13.5. The zero-order valence-corrected chi connectivity index (χ0v) is 14.4. The molecule has 1 aromatic heterocycles. The lowest BCUT2D eigenvalue weighted by molar-refractivity contribution is 0.197. The number of sulfone groups is 1. The Balaban J connectivity index is 2.29. The van der Waals surface area contributed by atoms with Crippen molar-refractivity contribution in [1.82, 2.24) is 4.57 Å². The van der Waals surface area contributed by atoms with Gasteiger partial charge in [-0.05, 0) is 41.5 Å². The Morgan fingerprint density at radius 3 is 2.62 bits per heavy atom. The molecule has 0 radical (unpaired) electrons. The summed E-state index contributed by atoms with van der Waals surface area (Å²) in [7, 11) is -3.51. The van der Waals surface area contributed by atoms with Crippen molar-refractivity contribution >= 4 is 26.8 Å². The van der Waals surface area contributed by atoms with E-state index in [2.05, 4.69) is 0 Å². The van der Waals surface area contributed by atoms with E-state index in [1.165, 1.54) is 24.4 Å². The van der Waals surface area contributed by atoms with Gasteiger partial charge in [0.25, 0.3) is 0 Å². The molecule has 0 bridgehead atoms. The Morgan fingerprint density at radius 2 is 2.00 bits per heavy atom. The summed E-state index contributed by atoms with van der Waals surface area (Å²) in [5, 5.41) is 18.8. The molecular weight excluding hydrogens is 359 g/mol. The number of nitriles is 1. The Morgan fingerprint density at radius 1 is 1.27 bits per heavy atom. The normalized spacial score (nSPS) is 11.4. The second kappa shape index (κ2) is 6.28. The largest absolute Gasteiger partial charge is 0.464 e. The number of carboxylic acid groups (broad SMARTS) is 1. The van der Waals surface area contributed by atoms with Crippen LogP contribution in [0.2, 0.25) is 0 Å². The van der Waals surface area contributed by atoms with Crippen molar-refractivity contribution in [2.24, 2.45) is 0 Å². The molecular formula is C18H13FN2O4S. The third-order valence-corrected chi connectivity index (χ3v) is 5.21. The van der Waals surface area contributed by atoms with Crippen LogP contribution >= 0.6 is 0 Å². The first-order valence-corrected chi connectivity index (χ1v) is 9.35. The highest BCUT2D eigenvalue weighted by atomic mass is 32.2. The van der Waals surface area contributed by atoms with Gasteiger partial charge in [-0.15, -0.1) is 0 Å². The van der Waals surface area contributed by atoms with Gasteiger partial charge in [0.1, 0.15) is 5.82 Å². The molecule has 6 nitrogen and oxygen atoms in total. The first kappa shape index (κ1) is 17.6. The average molecular weight is 372 g/mol. The van der Waals surface area contributed by atoms with Gasteiger partial charge in [0.05, 0.1) is 22.9 Å². The number of hydrogen-bond acceptors (Lipinski definition) is 4. The standard InChI is InChI=1S/C18H13FN2O4S/c1-26(24,25)17-5-2-11(8-12(17)6-7-20)15-10-21(18(22)23)16-9-13(19)3-4-14(15)16/h2-5,8-10H,6H2,1H3,(H,22,23). The minimum absolute atomic E-state index is 0.0517. The second-order valence-electron chi connectivity index (χ2n) is 5.79. The van der Waals surface area contributed by atoms with Crippen LogP contribution in [-0.4, -0.2) is 30.4 Å². The molecule has 1 heterocycles. The monoisotopic (exact) mass is 372 g/mol. The minimum atomic E-state index is -3.51. The van der Waals surface area contributed by atoms with Crippen LogP contribution in [-0.2, 0) is 16.3 Å². The van der Waals surface area contributed by atoms with Crippen molar-refractivity contribution in [1.29, 1.82) is 5.26 Å². The van der Waals surface area contributed by atoms with E-state index in [0.29, 0.717) is 22.1 Å². The van der Waals surface area contributed by atoms with Gasteiger partial charge in [-0.3, -0.25) is 4.57 Å². The van der Waals surface area contributed by atoms with Crippen LogP contribution in [0, 0.1) is 17.1 Å². The van der Waals surface area contributed by atoms with E-state index < -0.39 is 21.7 Å². The highest BCUT2D eigenvalue weighted by molar-refractivity contribution is 7.90. The van der Waals surface area contributed by atoms with E-state index in [1.807, 2.05) is 6.07 Å². The SMILES string of the molecule is CS(=O)(=O)c1ccc(-c2cn(C(=O)O)c3cc(F)ccc23)cc1CC#N. The fourth-order valence-corrected chi connectivity index (χ4v) is 3.84. The smallest absolute Gasteiger partial charge is 0.416 e. The Labute approximate surface area is 148 Å². The molecule has 0 atom stereocenters. The van der Waals surface area contributed by atoms with Crippen LogP contribution < -0.4 is 0 Å². The molecule has 8 heteroatoms. The van der Waals surface area contributed by atoms with Gasteiger partial charge in [-0.1, -0.05) is 6.07 Å². The van der Waals surface area contributed by atoms with E-state index in [-0.39, 0.29) is 16.8 Å². The van der Waals surface area contributed by atoms with Crippen LogP contribution in [0.25, 0.3) is 22.0 Å². The van der Waals surface area contributed by atoms with Gasteiger partial charge in [0, 0.05) is 23.4 Å². The summed E-state index contributed by atoms with van der Waals surface area (Å²) in [6.45, 7) is 0. The molecule has 0 aliphatic heterocycles. The predicted octanol–water partition coefficient (Wildman–Crippen LogP) is 3.44. The van der Waals surface area contributed by atoms with Gasteiger partial charge in [0.2, 0.25) is 0 Å². The lowest BCUT2D eigenvalue weighted by Gasteiger charge is -2.08. The highest BCUT2D eigenvalue weighted by Gasteiger charge is 2.18. The van der Waals surface area contributed by atoms with Crippen LogP contribution in [0.3, 0.4) is 0 Å². The van der Waals surface area contributed by atoms with Gasteiger partial charge >= 0.3 is 6.09 Å². The molecule has 0 saturated heterocycles. The molecule has 0 spiro atoms. The maximum Gasteiger partial charge on any atom is 0.416 e. The minimum Gasteiger partial charge on any atom is -0.464 e. The van der Waals surface area contributed by atoms with Crippen LogP contribution in [0.4, 0.5) is 9.18 Å². The molecule has 0 saturated carbocycles. The topological polar surface area (TPSA) is 100 Å². The number of fused-ring (bicyclic) bond motifs is 1. The van der Waals surface area contributed by atoms with E-state index in [0.717, 1.165) is 16.9 Å². The van der Waals surface area contributed by atoms with E-state index in [9.17, 15) is 22.7 Å². The first-order chi connectivity index (χ1) is 12.2. The van der Waals surface area contributed by atoms with Crippen LogP contribution in [0.1, 0.15) is 5.56 Å². The third-order valence-electron chi connectivity index (χ3n) is 4.01. The fourth-order valence-electron chi connectivity index (χ4n) is 2.92. The number of hydrogen-bond donors (Lipinski definition) is 1. The van der Waals surface area contributed by atoms with Crippen molar-refractivity contribution in [3.05, 3.63) is 54.0 Å². The van der Waals surface area contributed by atoms with E-state index in [4.69, 9.17) is 5.26 Å². The molecule has 132 valence electrons. The zero-order valence-electron chi connectivity index (χ0n) is 13.6. The Bertz CT molecular complexity index is 1190. The van der Waals surface area contributed by atoms with Gasteiger partial charge < -0.3 is 5.11 Å². The maximum absolute atomic E-state index is 13.5. The first-order valence-electron chi connectivity index (χ1n) is 7.46. The predicted molar refractivity (Wildman–Crippen MR) is 93.2 cm³/mol. The summed E-state index contributed by atoms with van der Waals surface area (Å²) in [5.74, 6) is -0.567. The van der Waals surface area contributed by atoms with Crippen molar-refractivity contribution in [2.75, 3.05) is 6.26 Å². The quantitative estimate of drug-likeness (QED) is 0.759. The number of nitrogens with zero attached hydrogens (tertiary/aromatic N) is 2. The van der Waals surface area contributed by atoms with Crippen molar-refractivity contribution in [3.63, 3.8) is 0 Å². The average Bonchev–Trinajstić information content (AvgIpc) is 2.93.